The number of hydrogen-bond acceptors (Lipinski definition) is 3. The minimum atomic E-state index is -0.619. The Morgan fingerprint density at radius 2 is 1.88 bits per heavy atom. The normalized spacial score (nSPS) is 17.6. The maximum absolute atomic E-state index is 13.4. The zero-order valence-corrected chi connectivity index (χ0v) is 14.1. The summed E-state index contributed by atoms with van der Waals surface area (Å²) in [5.41, 5.74) is 1.01. The van der Waals surface area contributed by atoms with Crippen molar-refractivity contribution in [2.24, 2.45) is 0 Å². The fraction of sp³-hybridized carbons (Fsp3) is 0.263. The molecule has 0 unspecified atom stereocenters. The third-order valence-electron chi connectivity index (χ3n) is 4.37. The molecule has 0 aromatic heterocycles. The molecular weight excluding hydrogens is 323 g/mol. The Balaban J connectivity index is 1.77. The maximum atomic E-state index is 13.4. The molecule has 0 spiro atoms. The van der Waals surface area contributed by atoms with E-state index in [1.54, 1.807) is 37.1 Å². The summed E-state index contributed by atoms with van der Waals surface area (Å²) in [5.74, 6) is -0.262. The van der Waals surface area contributed by atoms with Crippen LogP contribution in [0.2, 0.25) is 0 Å². The molecule has 0 bridgehead atoms. The van der Waals surface area contributed by atoms with Gasteiger partial charge in [-0.2, -0.15) is 0 Å². The molecule has 0 N–H and O–H groups in total. The standard InChI is InChI=1S/C19H19FN2O3/c1-13-18(23)22(16-6-8-17(25-2)9-7-16)11-10-21(13)19(24)14-4-3-5-15(20)12-14/h3-9,12-13H,10-11H2,1-2H3/t13-/m0/s1. The highest BCUT2D eigenvalue weighted by molar-refractivity contribution is 6.03. The maximum Gasteiger partial charge on any atom is 0.254 e. The number of carbonyl (C=O) groups excluding carboxylic acids is 2. The Kier molecular flexibility index (Phi) is 4.70. The first-order valence-corrected chi connectivity index (χ1v) is 8.03. The zero-order valence-electron chi connectivity index (χ0n) is 14.1. The molecule has 2 aromatic carbocycles. The van der Waals surface area contributed by atoms with Gasteiger partial charge in [0.25, 0.3) is 5.91 Å². The van der Waals surface area contributed by atoms with Crippen molar-refractivity contribution in [3.8, 4) is 5.75 Å². The van der Waals surface area contributed by atoms with Crippen LogP contribution in [0.3, 0.4) is 0 Å². The second-order valence-electron chi connectivity index (χ2n) is 5.87. The fourth-order valence-corrected chi connectivity index (χ4v) is 2.95. The lowest BCUT2D eigenvalue weighted by atomic mass is 10.1. The Morgan fingerprint density at radius 1 is 1.16 bits per heavy atom. The van der Waals surface area contributed by atoms with Crippen molar-refractivity contribution in [2.45, 2.75) is 13.0 Å². The molecule has 5 nitrogen and oxygen atoms in total. The van der Waals surface area contributed by atoms with Crippen molar-refractivity contribution < 1.29 is 18.7 Å². The van der Waals surface area contributed by atoms with Gasteiger partial charge in [0.2, 0.25) is 5.91 Å². The van der Waals surface area contributed by atoms with Gasteiger partial charge < -0.3 is 14.5 Å². The molecule has 1 saturated heterocycles. The van der Waals surface area contributed by atoms with Crippen LogP contribution in [0.5, 0.6) is 5.75 Å². The fourth-order valence-electron chi connectivity index (χ4n) is 2.95. The average Bonchev–Trinajstić information content (AvgIpc) is 2.63. The number of benzene rings is 2. The quantitative estimate of drug-likeness (QED) is 0.862. The Hall–Kier alpha value is -2.89. The summed E-state index contributed by atoms with van der Waals surface area (Å²) in [6, 6.07) is 12.1. The van der Waals surface area contributed by atoms with Crippen LogP contribution in [0.15, 0.2) is 48.5 Å². The molecule has 1 heterocycles. The summed E-state index contributed by atoms with van der Waals surface area (Å²) in [5, 5.41) is 0. The molecule has 6 heteroatoms. The lowest BCUT2D eigenvalue weighted by Crippen LogP contribution is -2.57. The van der Waals surface area contributed by atoms with Gasteiger partial charge in [-0.15, -0.1) is 0 Å². The van der Waals surface area contributed by atoms with Gasteiger partial charge >= 0.3 is 0 Å². The Bertz CT molecular complexity index is 792. The van der Waals surface area contributed by atoms with Crippen molar-refractivity contribution in [1.82, 2.24) is 4.90 Å². The van der Waals surface area contributed by atoms with Gasteiger partial charge in [0, 0.05) is 24.3 Å². The number of hydrogen-bond donors (Lipinski definition) is 0. The highest BCUT2D eigenvalue weighted by Crippen LogP contribution is 2.24. The van der Waals surface area contributed by atoms with E-state index in [2.05, 4.69) is 0 Å². The van der Waals surface area contributed by atoms with Crippen LogP contribution >= 0.6 is 0 Å². The van der Waals surface area contributed by atoms with Crippen LogP contribution in [-0.2, 0) is 4.79 Å². The lowest BCUT2D eigenvalue weighted by Gasteiger charge is -2.39. The molecule has 1 aliphatic rings. The van der Waals surface area contributed by atoms with Crippen LogP contribution in [0, 0.1) is 5.82 Å². The highest BCUT2D eigenvalue weighted by atomic mass is 19.1. The number of nitrogens with zero attached hydrogens (tertiary/aromatic N) is 2. The summed E-state index contributed by atoms with van der Waals surface area (Å²) in [7, 11) is 1.58. The van der Waals surface area contributed by atoms with E-state index in [1.165, 1.54) is 23.1 Å². The summed E-state index contributed by atoms with van der Waals surface area (Å²) in [4.78, 5) is 28.5. The van der Waals surface area contributed by atoms with Crippen molar-refractivity contribution in [3.63, 3.8) is 0 Å². The van der Waals surface area contributed by atoms with E-state index in [4.69, 9.17) is 4.74 Å². The third kappa shape index (κ3) is 3.33. The van der Waals surface area contributed by atoms with Gasteiger partial charge in [-0.1, -0.05) is 6.07 Å². The van der Waals surface area contributed by atoms with E-state index in [0.29, 0.717) is 18.8 Å². The summed E-state index contributed by atoms with van der Waals surface area (Å²) in [6.45, 7) is 2.46. The first-order valence-electron chi connectivity index (χ1n) is 8.03. The van der Waals surface area contributed by atoms with E-state index in [0.717, 1.165) is 5.69 Å². The second-order valence-corrected chi connectivity index (χ2v) is 5.87. The molecule has 1 aliphatic heterocycles. The molecular formula is C19H19FN2O3. The molecule has 1 fully saturated rings. The van der Waals surface area contributed by atoms with Gasteiger partial charge in [-0.3, -0.25) is 9.59 Å². The Labute approximate surface area is 145 Å². The summed E-state index contributed by atoms with van der Waals surface area (Å²) >= 11 is 0. The van der Waals surface area contributed by atoms with Crippen LogP contribution in [0.1, 0.15) is 17.3 Å². The smallest absolute Gasteiger partial charge is 0.254 e. The van der Waals surface area contributed by atoms with Gasteiger partial charge in [-0.05, 0) is 49.4 Å². The van der Waals surface area contributed by atoms with Gasteiger partial charge in [0.1, 0.15) is 17.6 Å². The minimum absolute atomic E-state index is 0.166. The number of anilines is 1. The van der Waals surface area contributed by atoms with Crippen LogP contribution in [-0.4, -0.2) is 43.0 Å². The average molecular weight is 342 g/mol. The van der Waals surface area contributed by atoms with Crippen molar-refractivity contribution in [2.75, 3.05) is 25.1 Å². The van der Waals surface area contributed by atoms with Crippen molar-refractivity contribution >= 4 is 17.5 Å². The molecule has 0 aliphatic carbocycles. The van der Waals surface area contributed by atoms with E-state index in [9.17, 15) is 14.0 Å². The number of carbonyl (C=O) groups is 2. The SMILES string of the molecule is COc1ccc(N2CCN(C(=O)c3cccc(F)c3)[C@@H](C)C2=O)cc1. The number of methoxy groups -OCH3 is 1. The summed E-state index contributed by atoms with van der Waals surface area (Å²) < 4.78 is 18.5. The number of rotatable bonds is 3. The van der Waals surface area contributed by atoms with E-state index < -0.39 is 11.9 Å². The Morgan fingerprint density at radius 3 is 2.52 bits per heavy atom. The highest BCUT2D eigenvalue weighted by Gasteiger charge is 2.35. The molecule has 3 rings (SSSR count). The third-order valence-corrected chi connectivity index (χ3v) is 4.37. The summed E-state index contributed by atoms with van der Waals surface area (Å²) in [6.07, 6.45) is 0. The first-order chi connectivity index (χ1) is 12.0. The van der Waals surface area contributed by atoms with Crippen LogP contribution in [0.25, 0.3) is 0 Å². The molecule has 25 heavy (non-hydrogen) atoms. The van der Waals surface area contributed by atoms with Crippen molar-refractivity contribution in [3.05, 3.63) is 59.9 Å². The molecule has 0 radical (unpaired) electrons. The molecule has 0 saturated carbocycles. The van der Waals surface area contributed by atoms with Gasteiger partial charge in [0.05, 0.1) is 7.11 Å². The largest absolute Gasteiger partial charge is 0.497 e. The molecule has 2 amide bonds. The second kappa shape index (κ2) is 6.93. The molecule has 1 atom stereocenters. The molecule has 2 aromatic rings. The molecule has 130 valence electrons. The predicted molar refractivity (Wildman–Crippen MR) is 92.2 cm³/mol. The topological polar surface area (TPSA) is 49.9 Å². The number of ether oxygens (including phenoxy) is 1. The lowest BCUT2D eigenvalue weighted by molar-refractivity contribution is -0.124. The van der Waals surface area contributed by atoms with E-state index in [1.807, 2.05) is 12.1 Å². The number of halogens is 1. The van der Waals surface area contributed by atoms with Gasteiger partial charge in [0.15, 0.2) is 0 Å². The monoisotopic (exact) mass is 342 g/mol. The van der Waals surface area contributed by atoms with Crippen LogP contribution < -0.4 is 9.64 Å². The first kappa shape index (κ1) is 17.0. The number of piperazine rings is 1. The van der Waals surface area contributed by atoms with E-state index >= 15 is 0 Å². The predicted octanol–water partition coefficient (Wildman–Crippen LogP) is 2.71. The number of amides is 2. The van der Waals surface area contributed by atoms with Crippen molar-refractivity contribution in [1.29, 1.82) is 0 Å². The van der Waals surface area contributed by atoms with E-state index in [-0.39, 0.29) is 17.4 Å². The zero-order chi connectivity index (χ0) is 18.0. The van der Waals surface area contributed by atoms with Gasteiger partial charge in [-0.25, -0.2) is 4.39 Å². The minimum Gasteiger partial charge on any atom is -0.497 e. The van der Waals surface area contributed by atoms with Crippen LogP contribution in [0.4, 0.5) is 10.1 Å².